The van der Waals surface area contributed by atoms with Crippen LogP contribution >= 0.6 is 0 Å². The van der Waals surface area contributed by atoms with Gasteiger partial charge in [-0.3, -0.25) is 4.79 Å². The molecule has 0 bridgehead atoms. The lowest BCUT2D eigenvalue weighted by atomic mass is 9.84. The Balaban J connectivity index is 1.73. The number of aryl methyl sites for hydroxylation is 1. The number of pyridine rings is 1. The van der Waals surface area contributed by atoms with E-state index < -0.39 is 5.92 Å². The van der Waals surface area contributed by atoms with Gasteiger partial charge in [0, 0.05) is 24.7 Å². The quantitative estimate of drug-likeness (QED) is 0.616. The number of hydrogen-bond acceptors (Lipinski definition) is 7. The maximum Gasteiger partial charge on any atom is 0.258 e. The van der Waals surface area contributed by atoms with Gasteiger partial charge in [-0.15, -0.1) is 0 Å². The summed E-state index contributed by atoms with van der Waals surface area (Å²) >= 11 is 0. The molecule has 2 aliphatic rings. The van der Waals surface area contributed by atoms with Crippen LogP contribution in [0.3, 0.4) is 0 Å². The number of methoxy groups -OCH3 is 2. The number of morpholine rings is 1. The van der Waals surface area contributed by atoms with Gasteiger partial charge in [-0.1, -0.05) is 6.07 Å². The van der Waals surface area contributed by atoms with E-state index >= 15 is 0 Å². The van der Waals surface area contributed by atoms with Crippen LogP contribution in [-0.2, 0) is 11.3 Å². The lowest BCUT2D eigenvalue weighted by Gasteiger charge is -2.28. The SMILES string of the molecule is COc1ccc([C@@H]2C(C#N)=C(N)Oc3cc(C)n(CCC[NH+]4CCOCC4)c(=O)c32)cc1OC. The summed E-state index contributed by atoms with van der Waals surface area (Å²) in [5, 5.41) is 9.90. The number of hydrogen-bond donors (Lipinski definition) is 2. The van der Waals surface area contributed by atoms with Crippen LogP contribution in [0, 0.1) is 18.3 Å². The number of nitriles is 1. The molecule has 0 saturated carbocycles. The zero-order valence-corrected chi connectivity index (χ0v) is 19.8. The van der Waals surface area contributed by atoms with Gasteiger partial charge >= 0.3 is 0 Å². The van der Waals surface area contributed by atoms with Crippen molar-refractivity contribution in [3.8, 4) is 23.3 Å². The smallest absolute Gasteiger partial charge is 0.258 e. The van der Waals surface area contributed by atoms with Gasteiger partial charge in [-0.25, -0.2) is 0 Å². The minimum absolute atomic E-state index is 0.00209. The molecular weight excluding hydrogens is 436 g/mol. The highest BCUT2D eigenvalue weighted by Crippen LogP contribution is 2.42. The normalized spacial score (nSPS) is 18.1. The summed E-state index contributed by atoms with van der Waals surface area (Å²) < 4.78 is 23.8. The first-order valence-corrected chi connectivity index (χ1v) is 11.4. The van der Waals surface area contributed by atoms with Crippen LogP contribution in [0.1, 0.15) is 29.2 Å². The van der Waals surface area contributed by atoms with E-state index in [2.05, 4.69) is 6.07 Å². The second-order valence-corrected chi connectivity index (χ2v) is 8.53. The van der Waals surface area contributed by atoms with E-state index in [0.29, 0.717) is 34.9 Å². The summed E-state index contributed by atoms with van der Waals surface area (Å²) in [6, 6.07) is 9.32. The Morgan fingerprint density at radius 2 is 1.94 bits per heavy atom. The number of nitrogens with one attached hydrogen (secondary N) is 1. The zero-order chi connectivity index (χ0) is 24.2. The monoisotopic (exact) mass is 467 g/mol. The van der Waals surface area contributed by atoms with E-state index in [1.807, 2.05) is 19.1 Å². The van der Waals surface area contributed by atoms with E-state index in [9.17, 15) is 10.1 Å². The zero-order valence-electron chi connectivity index (χ0n) is 19.8. The first-order chi connectivity index (χ1) is 16.5. The highest BCUT2D eigenvalue weighted by atomic mass is 16.5. The summed E-state index contributed by atoms with van der Waals surface area (Å²) in [6.07, 6.45) is 0.861. The number of quaternary nitrogens is 1. The Labute approximate surface area is 198 Å². The molecule has 0 aliphatic carbocycles. The molecule has 2 aliphatic heterocycles. The molecular formula is C25H31N4O5+. The lowest BCUT2D eigenvalue weighted by molar-refractivity contribution is -0.908. The predicted molar refractivity (Wildman–Crippen MR) is 125 cm³/mol. The van der Waals surface area contributed by atoms with Crippen molar-refractivity contribution < 1.29 is 23.8 Å². The summed E-state index contributed by atoms with van der Waals surface area (Å²) in [5.74, 6) is 0.777. The Morgan fingerprint density at radius 3 is 2.62 bits per heavy atom. The van der Waals surface area contributed by atoms with E-state index in [0.717, 1.165) is 45.0 Å². The fourth-order valence-electron chi connectivity index (χ4n) is 4.73. The van der Waals surface area contributed by atoms with Gasteiger partial charge < -0.3 is 34.1 Å². The number of fused-ring (bicyclic) bond motifs is 1. The number of nitrogens with zero attached hydrogens (tertiary/aromatic N) is 2. The second-order valence-electron chi connectivity index (χ2n) is 8.53. The van der Waals surface area contributed by atoms with Crippen LogP contribution in [0.4, 0.5) is 0 Å². The van der Waals surface area contributed by atoms with Gasteiger partial charge in [0.2, 0.25) is 5.88 Å². The van der Waals surface area contributed by atoms with Crippen molar-refractivity contribution in [1.29, 1.82) is 5.26 Å². The Hall–Kier alpha value is -3.48. The van der Waals surface area contributed by atoms with E-state index in [-0.39, 0.29) is 17.0 Å². The standard InChI is InChI=1S/C25H30N4O5/c1-16-13-21-23(25(30)29(16)8-4-7-28-9-11-33-12-10-28)22(18(15-26)24(27)34-21)17-5-6-19(31-2)20(14-17)32-3/h5-6,13-14,22H,4,7-12,27H2,1-3H3/p+1/t22-/m1/s1. The second kappa shape index (κ2) is 10.2. The number of benzene rings is 1. The van der Waals surface area contributed by atoms with Gasteiger partial charge in [0.25, 0.3) is 5.56 Å². The average molecular weight is 468 g/mol. The fourth-order valence-corrected chi connectivity index (χ4v) is 4.73. The van der Waals surface area contributed by atoms with Crippen molar-refractivity contribution in [1.82, 2.24) is 4.57 Å². The van der Waals surface area contributed by atoms with Crippen LogP contribution in [0.25, 0.3) is 0 Å². The molecule has 1 fully saturated rings. The van der Waals surface area contributed by atoms with Gasteiger partial charge in [0.15, 0.2) is 11.5 Å². The van der Waals surface area contributed by atoms with Crippen LogP contribution in [0.5, 0.6) is 17.2 Å². The van der Waals surface area contributed by atoms with Crippen molar-refractivity contribution in [2.45, 2.75) is 25.8 Å². The van der Waals surface area contributed by atoms with Crippen molar-refractivity contribution in [2.24, 2.45) is 5.73 Å². The van der Waals surface area contributed by atoms with Gasteiger partial charge in [-0.2, -0.15) is 5.26 Å². The lowest BCUT2D eigenvalue weighted by Crippen LogP contribution is -3.14. The summed E-state index contributed by atoms with van der Waals surface area (Å²) in [5.41, 5.74) is 8.04. The minimum Gasteiger partial charge on any atom is -0.493 e. The van der Waals surface area contributed by atoms with Gasteiger partial charge in [0.1, 0.15) is 30.5 Å². The van der Waals surface area contributed by atoms with Gasteiger partial charge in [0.05, 0.1) is 45.5 Å². The Morgan fingerprint density at radius 1 is 1.21 bits per heavy atom. The molecule has 3 N–H and O–H groups in total. The third kappa shape index (κ3) is 4.47. The molecule has 3 heterocycles. The molecule has 9 heteroatoms. The highest BCUT2D eigenvalue weighted by molar-refractivity contribution is 5.57. The first kappa shape index (κ1) is 23.7. The predicted octanol–water partition coefficient (Wildman–Crippen LogP) is 0.697. The molecule has 1 saturated heterocycles. The molecule has 0 unspecified atom stereocenters. The molecule has 1 aromatic heterocycles. The summed E-state index contributed by atoms with van der Waals surface area (Å²) in [4.78, 5) is 15.3. The molecule has 0 spiro atoms. The number of rotatable bonds is 7. The van der Waals surface area contributed by atoms with Crippen LogP contribution in [0.15, 0.2) is 40.5 Å². The molecule has 0 amide bonds. The van der Waals surface area contributed by atoms with Crippen molar-refractivity contribution in [2.75, 3.05) is 47.1 Å². The molecule has 0 radical (unpaired) electrons. The first-order valence-electron chi connectivity index (χ1n) is 11.4. The summed E-state index contributed by atoms with van der Waals surface area (Å²) in [6.45, 7) is 6.98. The highest BCUT2D eigenvalue weighted by Gasteiger charge is 2.35. The largest absolute Gasteiger partial charge is 0.493 e. The number of ether oxygens (including phenoxy) is 4. The third-order valence-corrected chi connectivity index (χ3v) is 6.54. The molecule has 34 heavy (non-hydrogen) atoms. The number of nitrogens with two attached hydrogens (primary N) is 1. The molecule has 9 nitrogen and oxygen atoms in total. The topological polar surface area (TPSA) is 113 Å². The van der Waals surface area contributed by atoms with E-state index in [4.69, 9.17) is 24.7 Å². The van der Waals surface area contributed by atoms with E-state index in [1.54, 1.807) is 30.9 Å². The third-order valence-electron chi connectivity index (χ3n) is 6.54. The maximum atomic E-state index is 13.8. The van der Waals surface area contributed by atoms with Crippen molar-refractivity contribution in [3.63, 3.8) is 0 Å². The van der Waals surface area contributed by atoms with E-state index in [1.165, 1.54) is 4.90 Å². The number of allylic oxidation sites excluding steroid dienone is 1. The fraction of sp³-hybridized carbons (Fsp3) is 0.440. The average Bonchev–Trinajstić information content (AvgIpc) is 2.85. The Kier molecular flexibility index (Phi) is 7.10. The number of aromatic nitrogens is 1. The molecule has 180 valence electrons. The minimum atomic E-state index is -0.669. The van der Waals surface area contributed by atoms with Gasteiger partial charge in [-0.05, 0) is 24.6 Å². The van der Waals surface area contributed by atoms with Crippen LogP contribution < -0.4 is 30.4 Å². The Bertz CT molecular complexity index is 1190. The van der Waals surface area contributed by atoms with Crippen LogP contribution in [0.2, 0.25) is 0 Å². The van der Waals surface area contributed by atoms with Crippen LogP contribution in [-0.4, -0.2) is 51.6 Å². The molecule has 2 aromatic rings. The van der Waals surface area contributed by atoms with Crippen molar-refractivity contribution >= 4 is 0 Å². The summed E-state index contributed by atoms with van der Waals surface area (Å²) in [7, 11) is 3.10. The molecule has 1 atom stereocenters. The molecule has 4 rings (SSSR count). The van der Waals surface area contributed by atoms with Crippen molar-refractivity contribution in [3.05, 3.63) is 62.9 Å². The maximum absolute atomic E-state index is 13.8. The molecule has 1 aromatic carbocycles.